The number of methoxy groups -OCH3 is 1. The van der Waals surface area contributed by atoms with E-state index in [0.29, 0.717) is 36.8 Å². The van der Waals surface area contributed by atoms with E-state index in [2.05, 4.69) is 10.6 Å². The number of hydrogen-bond acceptors (Lipinski definition) is 4. The lowest BCUT2D eigenvalue weighted by molar-refractivity contribution is -0.111. The van der Waals surface area contributed by atoms with Gasteiger partial charge in [0.1, 0.15) is 5.75 Å². The average molecular weight is 382 g/mol. The van der Waals surface area contributed by atoms with Gasteiger partial charge in [-0.25, -0.2) is 0 Å². The van der Waals surface area contributed by atoms with Gasteiger partial charge in [-0.3, -0.25) is 9.59 Å². The molecular formula is C22H26N2O4. The molecule has 0 aromatic heterocycles. The van der Waals surface area contributed by atoms with Crippen molar-refractivity contribution in [3.8, 4) is 5.75 Å². The molecule has 0 aliphatic heterocycles. The second kappa shape index (κ2) is 11.6. The molecule has 0 saturated carbocycles. The van der Waals surface area contributed by atoms with Crippen molar-refractivity contribution in [2.45, 2.75) is 13.3 Å². The molecule has 2 amide bonds. The molecule has 2 N–H and O–H groups in total. The Labute approximate surface area is 165 Å². The van der Waals surface area contributed by atoms with Crippen molar-refractivity contribution in [1.82, 2.24) is 5.32 Å². The molecule has 2 aromatic rings. The fourth-order valence-electron chi connectivity index (χ4n) is 2.51. The van der Waals surface area contributed by atoms with Gasteiger partial charge in [-0.05, 0) is 43.7 Å². The number of ether oxygens (including phenoxy) is 2. The zero-order chi connectivity index (χ0) is 20.2. The topological polar surface area (TPSA) is 76.7 Å². The maximum atomic E-state index is 12.2. The monoisotopic (exact) mass is 382 g/mol. The summed E-state index contributed by atoms with van der Waals surface area (Å²) in [6.07, 6.45) is 3.87. The lowest BCUT2D eigenvalue weighted by Gasteiger charge is -2.08. The fourth-order valence-corrected chi connectivity index (χ4v) is 2.51. The van der Waals surface area contributed by atoms with Crippen molar-refractivity contribution < 1.29 is 19.1 Å². The van der Waals surface area contributed by atoms with Crippen LogP contribution >= 0.6 is 0 Å². The van der Waals surface area contributed by atoms with Crippen LogP contribution in [0.25, 0.3) is 6.08 Å². The molecule has 0 heterocycles. The summed E-state index contributed by atoms with van der Waals surface area (Å²) in [5.41, 5.74) is 1.85. The molecule has 0 aliphatic rings. The first-order valence-corrected chi connectivity index (χ1v) is 9.22. The van der Waals surface area contributed by atoms with E-state index in [4.69, 9.17) is 9.47 Å². The van der Waals surface area contributed by atoms with Gasteiger partial charge >= 0.3 is 0 Å². The van der Waals surface area contributed by atoms with E-state index < -0.39 is 0 Å². The molecule has 0 unspecified atom stereocenters. The van der Waals surface area contributed by atoms with E-state index in [1.54, 1.807) is 37.5 Å². The quantitative estimate of drug-likeness (QED) is 0.487. The maximum Gasteiger partial charge on any atom is 0.251 e. The second-order valence-electron chi connectivity index (χ2n) is 5.95. The Bertz CT molecular complexity index is 818. The van der Waals surface area contributed by atoms with Crippen LogP contribution in [0.15, 0.2) is 54.6 Å². The van der Waals surface area contributed by atoms with E-state index >= 15 is 0 Å². The predicted octanol–water partition coefficient (Wildman–Crippen LogP) is 3.50. The van der Waals surface area contributed by atoms with E-state index in [9.17, 15) is 9.59 Å². The summed E-state index contributed by atoms with van der Waals surface area (Å²) in [7, 11) is 1.58. The minimum atomic E-state index is -0.292. The zero-order valence-electron chi connectivity index (χ0n) is 16.2. The standard InChI is InChI=1S/C22H26N2O4/c1-3-28-15-7-14-23-22(26)18-9-6-10-19(16-18)24-21(25)13-12-17-8-4-5-11-20(17)27-2/h4-6,8-13,16H,3,7,14-15H2,1-2H3,(H,23,26)(H,24,25)/b13-12+. The van der Waals surface area contributed by atoms with Gasteiger partial charge in [0.05, 0.1) is 7.11 Å². The van der Waals surface area contributed by atoms with Crippen molar-refractivity contribution in [3.63, 3.8) is 0 Å². The first-order valence-electron chi connectivity index (χ1n) is 9.22. The Morgan fingerprint density at radius 2 is 1.93 bits per heavy atom. The lowest BCUT2D eigenvalue weighted by Crippen LogP contribution is -2.25. The first-order chi connectivity index (χ1) is 13.6. The van der Waals surface area contributed by atoms with Crippen LogP contribution < -0.4 is 15.4 Å². The Morgan fingerprint density at radius 1 is 1.11 bits per heavy atom. The predicted molar refractivity (Wildman–Crippen MR) is 111 cm³/mol. The molecule has 0 spiro atoms. The molecule has 6 nitrogen and oxygen atoms in total. The molecule has 2 aromatic carbocycles. The minimum Gasteiger partial charge on any atom is -0.496 e. The van der Waals surface area contributed by atoms with Crippen LogP contribution in [0.1, 0.15) is 29.3 Å². The van der Waals surface area contributed by atoms with Gasteiger partial charge in [-0.2, -0.15) is 0 Å². The third-order valence-electron chi connectivity index (χ3n) is 3.90. The highest BCUT2D eigenvalue weighted by atomic mass is 16.5. The van der Waals surface area contributed by atoms with E-state index in [1.807, 2.05) is 31.2 Å². The SMILES string of the molecule is CCOCCCNC(=O)c1cccc(NC(=O)/C=C/c2ccccc2OC)c1. The third-order valence-corrected chi connectivity index (χ3v) is 3.90. The Kier molecular flexibility index (Phi) is 8.75. The largest absolute Gasteiger partial charge is 0.496 e. The summed E-state index contributed by atoms with van der Waals surface area (Å²) in [6, 6.07) is 14.2. The number of amides is 2. The highest BCUT2D eigenvalue weighted by molar-refractivity contribution is 6.03. The average Bonchev–Trinajstić information content (AvgIpc) is 2.72. The fraction of sp³-hybridized carbons (Fsp3) is 0.273. The van der Waals surface area contributed by atoms with Gasteiger partial charge in [0, 0.05) is 42.6 Å². The number of carbonyl (C=O) groups excluding carboxylic acids is 2. The van der Waals surface area contributed by atoms with Crippen LogP contribution in [0.5, 0.6) is 5.75 Å². The van der Waals surface area contributed by atoms with Crippen molar-refractivity contribution >= 4 is 23.6 Å². The summed E-state index contributed by atoms with van der Waals surface area (Å²) in [6.45, 7) is 3.76. The van der Waals surface area contributed by atoms with Gasteiger partial charge in [0.15, 0.2) is 0 Å². The summed E-state index contributed by atoms with van der Waals surface area (Å²) in [5.74, 6) is 0.215. The number of para-hydroxylation sites is 1. The molecule has 0 atom stereocenters. The Balaban J connectivity index is 1.91. The van der Waals surface area contributed by atoms with E-state index in [1.165, 1.54) is 6.08 Å². The number of nitrogens with one attached hydrogen (secondary N) is 2. The van der Waals surface area contributed by atoms with Crippen LogP contribution in [0.3, 0.4) is 0 Å². The normalized spacial score (nSPS) is 10.6. The Hall–Kier alpha value is -3.12. The number of anilines is 1. The zero-order valence-corrected chi connectivity index (χ0v) is 16.2. The van der Waals surface area contributed by atoms with Crippen LogP contribution in [0, 0.1) is 0 Å². The molecule has 0 radical (unpaired) electrons. The molecule has 0 fully saturated rings. The minimum absolute atomic E-state index is 0.183. The van der Waals surface area contributed by atoms with Crippen LogP contribution in [-0.2, 0) is 9.53 Å². The van der Waals surface area contributed by atoms with Crippen LogP contribution in [0.2, 0.25) is 0 Å². The number of benzene rings is 2. The highest BCUT2D eigenvalue weighted by Gasteiger charge is 2.07. The molecule has 6 heteroatoms. The number of rotatable bonds is 10. The molecule has 28 heavy (non-hydrogen) atoms. The molecule has 148 valence electrons. The van der Waals surface area contributed by atoms with Crippen molar-refractivity contribution in [3.05, 3.63) is 65.7 Å². The van der Waals surface area contributed by atoms with Crippen LogP contribution in [-0.4, -0.2) is 38.7 Å². The van der Waals surface area contributed by atoms with Crippen LogP contribution in [0.4, 0.5) is 5.69 Å². The number of carbonyl (C=O) groups is 2. The van der Waals surface area contributed by atoms with Crippen molar-refractivity contribution in [2.24, 2.45) is 0 Å². The maximum absolute atomic E-state index is 12.2. The molecule has 0 bridgehead atoms. The van der Waals surface area contributed by atoms with Crippen molar-refractivity contribution in [1.29, 1.82) is 0 Å². The summed E-state index contributed by atoms with van der Waals surface area (Å²) in [4.78, 5) is 24.4. The van der Waals surface area contributed by atoms with Gasteiger partial charge < -0.3 is 20.1 Å². The molecular weight excluding hydrogens is 356 g/mol. The molecule has 0 aliphatic carbocycles. The van der Waals surface area contributed by atoms with Crippen molar-refractivity contribution in [2.75, 3.05) is 32.2 Å². The first kappa shape index (κ1) is 21.2. The van der Waals surface area contributed by atoms with E-state index in [-0.39, 0.29) is 11.8 Å². The smallest absolute Gasteiger partial charge is 0.251 e. The highest BCUT2D eigenvalue weighted by Crippen LogP contribution is 2.18. The molecule has 0 saturated heterocycles. The van der Waals surface area contributed by atoms with Gasteiger partial charge in [0.2, 0.25) is 5.91 Å². The summed E-state index contributed by atoms with van der Waals surface area (Å²) < 4.78 is 10.5. The Morgan fingerprint density at radius 3 is 2.71 bits per heavy atom. The summed E-state index contributed by atoms with van der Waals surface area (Å²) in [5, 5.41) is 5.60. The second-order valence-corrected chi connectivity index (χ2v) is 5.95. The van der Waals surface area contributed by atoms with Gasteiger partial charge in [-0.1, -0.05) is 24.3 Å². The van der Waals surface area contributed by atoms with E-state index in [0.717, 1.165) is 12.0 Å². The number of hydrogen-bond donors (Lipinski definition) is 2. The third kappa shape index (κ3) is 6.89. The lowest BCUT2D eigenvalue weighted by atomic mass is 10.1. The molecule has 2 rings (SSSR count). The summed E-state index contributed by atoms with van der Waals surface area (Å²) >= 11 is 0. The van der Waals surface area contributed by atoms with Gasteiger partial charge in [0.25, 0.3) is 5.91 Å². The van der Waals surface area contributed by atoms with Gasteiger partial charge in [-0.15, -0.1) is 0 Å².